The second-order valence-electron chi connectivity index (χ2n) is 2.86. The van der Waals surface area contributed by atoms with Gasteiger partial charge in [-0.3, -0.25) is 0 Å². The van der Waals surface area contributed by atoms with Gasteiger partial charge in [-0.2, -0.15) is 0 Å². The van der Waals surface area contributed by atoms with Gasteiger partial charge in [-0.1, -0.05) is 6.07 Å². The van der Waals surface area contributed by atoms with Crippen molar-refractivity contribution >= 4 is 19.7 Å². The topological polar surface area (TPSA) is 54.4 Å². The van der Waals surface area contributed by atoms with Gasteiger partial charge in [-0.05, 0) is 30.2 Å². The molecule has 1 rings (SSSR count). The molecule has 0 bridgehead atoms. The molecule has 0 radical (unpaired) electrons. The van der Waals surface area contributed by atoms with Crippen molar-refractivity contribution in [1.29, 1.82) is 0 Å². The van der Waals surface area contributed by atoms with Gasteiger partial charge in [-0.15, -0.1) is 0 Å². The Bertz CT molecular complexity index is 391. The molecule has 1 aromatic carbocycles. The summed E-state index contributed by atoms with van der Waals surface area (Å²) in [6, 6.07) is 4.59. The fraction of sp³-hybridized carbons (Fsp3) is 0.250. The van der Waals surface area contributed by atoms with E-state index in [9.17, 15) is 8.42 Å². The van der Waals surface area contributed by atoms with Crippen molar-refractivity contribution in [3.63, 3.8) is 0 Å². The van der Waals surface area contributed by atoms with Crippen LogP contribution in [0.25, 0.3) is 0 Å². The number of benzene rings is 1. The predicted octanol–water partition coefficient (Wildman–Crippen LogP) is 1.77. The fourth-order valence-electron chi connectivity index (χ4n) is 1.12. The molecule has 72 valence electrons. The lowest BCUT2D eigenvalue weighted by molar-refractivity contribution is 0.474. The number of aromatic hydroxyl groups is 1. The lowest BCUT2D eigenvalue weighted by atomic mass is 10.1. The molecule has 0 aliphatic heterocycles. The van der Waals surface area contributed by atoms with Gasteiger partial charge in [0.2, 0.25) is 9.05 Å². The van der Waals surface area contributed by atoms with Crippen molar-refractivity contribution in [3.8, 4) is 5.75 Å². The second-order valence-corrected chi connectivity index (χ2v) is 5.64. The highest BCUT2D eigenvalue weighted by Gasteiger charge is 2.07. The van der Waals surface area contributed by atoms with Gasteiger partial charge < -0.3 is 5.11 Å². The van der Waals surface area contributed by atoms with Crippen LogP contribution in [-0.4, -0.2) is 13.5 Å². The van der Waals surface area contributed by atoms with Gasteiger partial charge in [-0.25, -0.2) is 8.42 Å². The molecule has 3 nitrogen and oxygen atoms in total. The van der Waals surface area contributed by atoms with Crippen LogP contribution >= 0.6 is 10.7 Å². The number of hydrogen-bond acceptors (Lipinski definition) is 3. The first kappa shape index (κ1) is 10.3. The Morgan fingerprint density at radius 3 is 2.46 bits per heavy atom. The Morgan fingerprint density at radius 1 is 1.38 bits per heavy atom. The van der Waals surface area contributed by atoms with Crippen molar-refractivity contribution in [1.82, 2.24) is 0 Å². The van der Waals surface area contributed by atoms with Crippen molar-refractivity contribution < 1.29 is 13.5 Å². The maximum absolute atomic E-state index is 10.7. The van der Waals surface area contributed by atoms with Gasteiger partial charge in [0.1, 0.15) is 5.75 Å². The second kappa shape index (κ2) is 3.55. The van der Waals surface area contributed by atoms with Crippen LogP contribution in [0.15, 0.2) is 18.2 Å². The number of aryl methyl sites for hydroxylation is 1. The van der Waals surface area contributed by atoms with Crippen LogP contribution in [0.2, 0.25) is 0 Å². The third-order valence-electron chi connectivity index (χ3n) is 1.46. The fourth-order valence-corrected chi connectivity index (χ4v) is 2.07. The van der Waals surface area contributed by atoms with E-state index >= 15 is 0 Å². The van der Waals surface area contributed by atoms with E-state index in [1.54, 1.807) is 19.1 Å². The molecule has 1 aromatic rings. The summed E-state index contributed by atoms with van der Waals surface area (Å²) in [5.74, 6) is -0.209. The predicted molar refractivity (Wildman–Crippen MR) is 51.3 cm³/mol. The number of rotatable bonds is 2. The highest BCUT2D eigenvalue weighted by atomic mass is 35.7. The summed E-state index contributed by atoms with van der Waals surface area (Å²) in [6.45, 7) is 1.77. The van der Waals surface area contributed by atoms with E-state index in [0.717, 1.165) is 5.56 Å². The summed E-state index contributed by atoms with van der Waals surface area (Å²) in [4.78, 5) is 0. The summed E-state index contributed by atoms with van der Waals surface area (Å²) < 4.78 is 21.4. The monoisotopic (exact) mass is 220 g/mol. The molecular weight excluding hydrogens is 212 g/mol. The van der Waals surface area contributed by atoms with Gasteiger partial charge in [0.05, 0.1) is 5.75 Å². The van der Waals surface area contributed by atoms with Crippen molar-refractivity contribution in [2.45, 2.75) is 12.7 Å². The largest absolute Gasteiger partial charge is 0.508 e. The van der Waals surface area contributed by atoms with Gasteiger partial charge in [0, 0.05) is 10.7 Å². The lowest BCUT2D eigenvalue weighted by Gasteiger charge is -2.01. The van der Waals surface area contributed by atoms with Crippen molar-refractivity contribution in [3.05, 3.63) is 29.3 Å². The Kier molecular flexibility index (Phi) is 2.83. The molecule has 0 aliphatic rings. The number of halogens is 1. The molecule has 0 amide bonds. The summed E-state index contributed by atoms with van der Waals surface area (Å²) in [6.07, 6.45) is 0. The molecule has 0 aliphatic carbocycles. The summed E-state index contributed by atoms with van der Waals surface area (Å²) >= 11 is 0. The minimum Gasteiger partial charge on any atom is -0.508 e. The van der Waals surface area contributed by atoms with E-state index in [4.69, 9.17) is 15.8 Å². The summed E-state index contributed by atoms with van der Waals surface area (Å²) in [5, 5.41) is 9.15. The van der Waals surface area contributed by atoms with Gasteiger partial charge in [0.25, 0.3) is 0 Å². The third-order valence-corrected chi connectivity index (χ3v) is 2.47. The molecule has 0 spiro atoms. The van der Waals surface area contributed by atoms with Crippen LogP contribution in [0.3, 0.4) is 0 Å². The number of phenolic OH excluding ortho intramolecular Hbond substituents is 1. The van der Waals surface area contributed by atoms with Gasteiger partial charge in [0.15, 0.2) is 0 Å². The maximum atomic E-state index is 10.7. The summed E-state index contributed by atoms with van der Waals surface area (Å²) in [7, 11) is 1.51. The average molecular weight is 221 g/mol. The SMILES string of the molecule is Cc1cc(O)cc(CS(=O)(=O)Cl)c1. The molecule has 0 aromatic heterocycles. The Balaban J connectivity index is 3.03. The molecule has 0 atom stereocenters. The normalized spacial score (nSPS) is 11.5. The molecule has 0 saturated carbocycles. The summed E-state index contributed by atoms with van der Waals surface area (Å²) in [5.41, 5.74) is 1.29. The molecular formula is C8H9ClO3S. The quantitative estimate of drug-likeness (QED) is 0.773. The van der Waals surface area contributed by atoms with E-state index in [1.165, 1.54) is 6.07 Å². The smallest absolute Gasteiger partial charge is 0.236 e. The maximum Gasteiger partial charge on any atom is 0.236 e. The minimum absolute atomic E-state index is 0.0512. The average Bonchev–Trinajstić information content (AvgIpc) is 1.78. The molecule has 1 N–H and O–H groups in total. The molecule has 0 heterocycles. The van der Waals surface area contributed by atoms with Crippen LogP contribution in [0.1, 0.15) is 11.1 Å². The third kappa shape index (κ3) is 3.65. The molecule has 0 saturated heterocycles. The first-order valence-corrected chi connectivity index (χ1v) is 6.06. The van der Waals surface area contributed by atoms with E-state index in [-0.39, 0.29) is 11.5 Å². The molecule has 0 unspecified atom stereocenters. The first-order valence-electron chi connectivity index (χ1n) is 3.59. The lowest BCUT2D eigenvalue weighted by Crippen LogP contribution is -1.95. The van der Waals surface area contributed by atoms with Crippen molar-refractivity contribution in [2.24, 2.45) is 0 Å². The minimum atomic E-state index is -3.55. The van der Waals surface area contributed by atoms with Crippen LogP contribution in [0.5, 0.6) is 5.75 Å². The highest BCUT2D eigenvalue weighted by molar-refractivity contribution is 8.13. The highest BCUT2D eigenvalue weighted by Crippen LogP contribution is 2.18. The zero-order valence-electron chi connectivity index (χ0n) is 6.99. The zero-order valence-corrected chi connectivity index (χ0v) is 8.56. The Morgan fingerprint density at radius 2 is 2.00 bits per heavy atom. The molecule has 0 fully saturated rings. The van der Waals surface area contributed by atoms with Crippen LogP contribution in [-0.2, 0) is 14.8 Å². The molecule has 13 heavy (non-hydrogen) atoms. The van der Waals surface area contributed by atoms with Gasteiger partial charge >= 0.3 is 0 Å². The van der Waals surface area contributed by atoms with Crippen LogP contribution in [0, 0.1) is 6.92 Å². The Hall–Kier alpha value is -0.740. The number of phenols is 1. The van der Waals surface area contributed by atoms with E-state index < -0.39 is 9.05 Å². The van der Waals surface area contributed by atoms with Crippen molar-refractivity contribution in [2.75, 3.05) is 0 Å². The van der Waals surface area contributed by atoms with E-state index in [1.807, 2.05) is 0 Å². The standard InChI is InChI=1S/C8H9ClO3S/c1-6-2-7(4-8(10)3-6)5-13(9,11)12/h2-4,10H,5H2,1H3. The van der Waals surface area contributed by atoms with Crippen LogP contribution < -0.4 is 0 Å². The van der Waals surface area contributed by atoms with E-state index in [2.05, 4.69) is 0 Å². The first-order chi connectivity index (χ1) is 5.87. The zero-order chi connectivity index (χ0) is 10.1. The molecule has 5 heteroatoms. The Labute approximate surface area is 81.4 Å². The number of hydrogen-bond donors (Lipinski definition) is 1. The van der Waals surface area contributed by atoms with Crippen LogP contribution in [0.4, 0.5) is 0 Å². The van der Waals surface area contributed by atoms with E-state index in [0.29, 0.717) is 5.56 Å².